The fourth-order valence-electron chi connectivity index (χ4n) is 4.44. The number of carbonyl (C=O) groups is 1. The highest BCUT2D eigenvalue weighted by Gasteiger charge is 2.32. The first kappa shape index (κ1) is 21.4. The van der Waals surface area contributed by atoms with Gasteiger partial charge in [-0.3, -0.25) is 14.5 Å². The maximum absolute atomic E-state index is 13.2. The van der Waals surface area contributed by atoms with Gasteiger partial charge in [-0.1, -0.05) is 12.1 Å². The molecule has 9 heteroatoms. The number of likely N-dealkylation sites (tertiary alicyclic amines) is 1. The molecule has 2 N–H and O–H groups in total. The maximum Gasteiger partial charge on any atom is 0.224 e. The van der Waals surface area contributed by atoms with Crippen molar-refractivity contribution in [2.75, 3.05) is 13.2 Å². The summed E-state index contributed by atoms with van der Waals surface area (Å²) in [6.45, 7) is 3.77. The number of benzene rings is 2. The number of H-pyrrole nitrogens is 2. The van der Waals surface area contributed by atoms with Crippen LogP contribution in [-0.2, 0) is 11.3 Å². The van der Waals surface area contributed by atoms with Crippen molar-refractivity contribution in [1.82, 2.24) is 29.6 Å². The van der Waals surface area contributed by atoms with Crippen LogP contribution in [0.25, 0.3) is 22.4 Å². The number of rotatable bonds is 7. The number of imidazole rings is 1. The van der Waals surface area contributed by atoms with Crippen molar-refractivity contribution in [1.29, 1.82) is 0 Å². The summed E-state index contributed by atoms with van der Waals surface area (Å²) < 4.78 is 7.91. The molecule has 3 heterocycles. The number of nitrogens with one attached hydrogen (secondary N) is 2. The van der Waals surface area contributed by atoms with E-state index in [1.54, 1.807) is 0 Å². The third kappa shape index (κ3) is 4.28. The van der Waals surface area contributed by atoms with Crippen molar-refractivity contribution in [3.05, 3.63) is 59.1 Å². The molecule has 5 rings (SSSR count). The van der Waals surface area contributed by atoms with Gasteiger partial charge in [-0.2, -0.15) is 5.10 Å². The molecule has 0 saturated carbocycles. The minimum absolute atomic E-state index is 0.0206. The number of nitrogens with zero attached hydrogens (tertiary/aromatic N) is 4. The highest BCUT2D eigenvalue weighted by atomic mass is 32.1. The van der Waals surface area contributed by atoms with E-state index < -0.39 is 0 Å². The fourth-order valence-corrected chi connectivity index (χ4v) is 4.67. The van der Waals surface area contributed by atoms with Crippen molar-refractivity contribution >= 4 is 29.2 Å². The lowest BCUT2D eigenvalue weighted by Gasteiger charge is -2.23. The van der Waals surface area contributed by atoms with E-state index in [1.165, 1.54) is 0 Å². The molecule has 1 fully saturated rings. The van der Waals surface area contributed by atoms with Crippen LogP contribution >= 0.6 is 12.2 Å². The van der Waals surface area contributed by atoms with Crippen LogP contribution in [-0.4, -0.2) is 48.7 Å². The number of amides is 1. The van der Waals surface area contributed by atoms with Crippen LogP contribution in [0.2, 0.25) is 0 Å². The maximum atomic E-state index is 13.2. The van der Waals surface area contributed by atoms with Crippen LogP contribution < -0.4 is 4.74 Å². The summed E-state index contributed by atoms with van der Waals surface area (Å²) in [5.41, 5.74) is 2.84. The van der Waals surface area contributed by atoms with Gasteiger partial charge in [0, 0.05) is 25.1 Å². The van der Waals surface area contributed by atoms with Gasteiger partial charge in [0.05, 0.1) is 23.7 Å². The first-order valence-electron chi connectivity index (χ1n) is 11.3. The largest absolute Gasteiger partial charge is 0.494 e. The third-order valence-corrected chi connectivity index (χ3v) is 6.34. The lowest BCUT2D eigenvalue weighted by molar-refractivity contribution is -0.132. The number of aromatic nitrogens is 5. The van der Waals surface area contributed by atoms with E-state index in [0.29, 0.717) is 30.2 Å². The number of fused-ring (bicyclic) bond motifs is 1. The summed E-state index contributed by atoms with van der Waals surface area (Å²) in [7, 11) is 0. The lowest BCUT2D eigenvalue weighted by atomic mass is 10.2. The monoisotopic (exact) mass is 462 g/mol. The van der Waals surface area contributed by atoms with Gasteiger partial charge in [0.1, 0.15) is 11.6 Å². The minimum atomic E-state index is -0.0206. The van der Waals surface area contributed by atoms with Crippen molar-refractivity contribution in [3.8, 4) is 17.1 Å². The summed E-state index contributed by atoms with van der Waals surface area (Å²) in [6.07, 6.45) is 2.22. The second-order valence-electron chi connectivity index (χ2n) is 8.10. The average Bonchev–Trinajstić information content (AvgIpc) is 3.56. The standard InChI is InChI=1S/C24H26N6O2S/c1-2-32-17-11-9-16(10-12-17)23-27-28-24(33)30(23)15-13-21(31)29-14-5-8-20(29)22-25-18-6-3-4-7-19(18)26-22/h3-4,6-7,9-12,20H,2,5,8,13-15H2,1H3,(H,25,26)(H,28,33). The van der Waals surface area contributed by atoms with Crippen LogP contribution in [0, 0.1) is 4.77 Å². The third-order valence-electron chi connectivity index (χ3n) is 6.03. The van der Waals surface area contributed by atoms with Crippen molar-refractivity contribution in [2.45, 2.75) is 38.8 Å². The van der Waals surface area contributed by atoms with E-state index >= 15 is 0 Å². The van der Waals surface area contributed by atoms with E-state index in [9.17, 15) is 4.79 Å². The van der Waals surface area contributed by atoms with Crippen LogP contribution in [0.15, 0.2) is 48.5 Å². The summed E-state index contributed by atoms with van der Waals surface area (Å²) in [6, 6.07) is 15.7. The second-order valence-corrected chi connectivity index (χ2v) is 8.48. The molecule has 2 aromatic carbocycles. The quantitative estimate of drug-likeness (QED) is 0.391. The summed E-state index contributed by atoms with van der Waals surface area (Å²) in [5, 5.41) is 7.25. The molecular formula is C24H26N6O2S. The van der Waals surface area contributed by atoms with Crippen molar-refractivity contribution in [3.63, 3.8) is 0 Å². The summed E-state index contributed by atoms with van der Waals surface area (Å²) in [5.74, 6) is 2.48. The number of carbonyl (C=O) groups excluding carboxylic acids is 1. The summed E-state index contributed by atoms with van der Waals surface area (Å²) >= 11 is 5.44. The topological polar surface area (TPSA) is 91.8 Å². The summed E-state index contributed by atoms with van der Waals surface area (Å²) in [4.78, 5) is 23.3. The van der Waals surface area contributed by atoms with Crippen LogP contribution in [0.4, 0.5) is 0 Å². The number of hydrogen-bond acceptors (Lipinski definition) is 5. The van der Waals surface area contributed by atoms with Gasteiger partial charge in [0.2, 0.25) is 5.91 Å². The van der Waals surface area contributed by atoms with Crippen LogP contribution in [0.3, 0.4) is 0 Å². The number of ether oxygens (including phenoxy) is 1. The Morgan fingerprint density at radius 1 is 1.21 bits per heavy atom. The Kier molecular flexibility index (Phi) is 5.95. The van der Waals surface area contributed by atoms with Gasteiger partial charge >= 0.3 is 0 Å². The van der Waals surface area contributed by atoms with Crippen LogP contribution in [0.5, 0.6) is 5.75 Å². The molecule has 2 aromatic heterocycles. The molecule has 33 heavy (non-hydrogen) atoms. The fraction of sp³-hybridized carbons (Fsp3) is 0.333. The van der Waals surface area contributed by atoms with Gasteiger partial charge < -0.3 is 14.6 Å². The molecule has 0 spiro atoms. The second kappa shape index (κ2) is 9.19. The molecule has 1 unspecified atom stereocenters. The Balaban J connectivity index is 1.31. The van der Waals surface area contributed by atoms with E-state index in [0.717, 1.165) is 47.6 Å². The van der Waals surface area contributed by atoms with E-state index in [4.69, 9.17) is 21.9 Å². The molecule has 0 bridgehead atoms. The Labute approximate surface area is 196 Å². The number of para-hydroxylation sites is 2. The van der Waals surface area contributed by atoms with E-state index in [1.807, 2.05) is 64.9 Å². The highest BCUT2D eigenvalue weighted by molar-refractivity contribution is 7.71. The van der Waals surface area contributed by atoms with Crippen LogP contribution in [0.1, 0.15) is 38.1 Å². The number of aromatic amines is 2. The van der Waals surface area contributed by atoms with Crippen molar-refractivity contribution < 1.29 is 9.53 Å². The lowest BCUT2D eigenvalue weighted by Crippen LogP contribution is -2.31. The minimum Gasteiger partial charge on any atom is -0.494 e. The molecule has 1 amide bonds. The molecule has 0 radical (unpaired) electrons. The smallest absolute Gasteiger partial charge is 0.224 e. The zero-order chi connectivity index (χ0) is 22.8. The van der Waals surface area contributed by atoms with Gasteiger partial charge in [0.15, 0.2) is 10.6 Å². The molecule has 0 aliphatic carbocycles. The first-order valence-corrected chi connectivity index (χ1v) is 11.7. The molecule has 1 atom stereocenters. The highest BCUT2D eigenvalue weighted by Crippen LogP contribution is 2.32. The molecule has 4 aromatic rings. The molecule has 8 nitrogen and oxygen atoms in total. The predicted molar refractivity (Wildman–Crippen MR) is 128 cm³/mol. The Bertz CT molecular complexity index is 1290. The SMILES string of the molecule is CCOc1ccc(-c2n[nH]c(=S)n2CCC(=O)N2CCCC2c2nc3ccccc3[nH]2)cc1. The average molecular weight is 463 g/mol. The zero-order valence-electron chi connectivity index (χ0n) is 18.5. The predicted octanol–water partition coefficient (Wildman–Crippen LogP) is 4.64. The first-order chi connectivity index (χ1) is 16.1. The van der Waals surface area contributed by atoms with Gasteiger partial charge in [-0.25, -0.2) is 4.98 Å². The molecular weight excluding hydrogens is 436 g/mol. The molecule has 1 aliphatic heterocycles. The van der Waals surface area contributed by atoms with E-state index in [-0.39, 0.29) is 11.9 Å². The Hall–Kier alpha value is -3.46. The molecule has 170 valence electrons. The Morgan fingerprint density at radius 3 is 2.82 bits per heavy atom. The molecule has 1 saturated heterocycles. The normalized spacial score (nSPS) is 15.9. The number of hydrogen-bond donors (Lipinski definition) is 2. The molecule has 1 aliphatic rings. The van der Waals surface area contributed by atoms with Gasteiger partial charge in [-0.15, -0.1) is 0 Å². The van der Waals surface area contributed by atoms with E-state index in [2.05, 4.69) is 15.2 Å². The zero-order valence-corrected chi connectivity index (χ0v) is 19.3. The van der Waals surface area contributed by atoms with Crippen molar-refractivity contribution in [2.24, 2.45) is 0 Å². The van der Waals surface area contributed by atoms with Gasteiger partial charge in [-0.05, 0) is 68.4 Å². The Morgan fingerprint density at radius 2 is 2.03 bits per heavy atom. The van der Waals surface area contributed by atoms with Gasteiger partial charge in [0.25, 0.3) is 0 Å².